The summed E-state index contributed by atoms with van der Waals surface area (Å²) >= 11 is 0. The van der Waals surface area contributed by atoms with Crippen molar-refractivity contribution in [3.05, 3.63) is 78.4 Å². The molecule has 2 rings (SSSR count). The van der Waals surface area contributed by atoms with Crippen LogP contribution in [0.3, 0.4) is 0 Å². The van der Waals surface area contributed by atoms with E-state index in [4.69, 9.17) is 0 Å². The maximum atomic E-state index is 11.4. The Morgan fingerprint density at radius 3 is 2.28 bits per heavy atom. The fourth-order valence-corrected chi connectivity index (χ4v) is 2.79. The lowest BCUT2D eigenvalue weighted by atomic mass is 9.91. The molecular weight excluding hydrogens is 243 g/mol. The summed E-state index contributed by atoms with van der Waals surface area (Å²) in [6, 6.07) is 17.1. The lowest BCUT2D eigenvalue weighted by molar-refractivity contribution is 0.513. The van der Waals surface area contributed by atoms with Crippen molar-refractivity contribution in [2.24, 2.45) is 0 Å². The monoisotopic (exact) mass is 258 g/mol. The predicted molar refractivity (Wildman–Crippen MR) is 75.8 cm³/mol. The molecule has 18 heavy (non-hydrogen) atoms. The molecule has 2 nitrogen and oxygen atoms in total. The minimum absolute atomic E-state index is 0.0523. The molecule has 0 radical (unpaired) electrons. The highest BCUT2D eigenvalue weighted by Gasteiger charge is 2.15. The van der Waals surface area contributed by atoms with E-state index in [0.29, 0.717) is 5.30 Å². The molecule has 0 bridgehead atoms. The predicted octanol–water partition coefficient (Wildman–Crippen LogP) is 3.10. The zero-order valence-electron chi connectivity index (χ0n) is 9.91. The van der Waals surface area contributed by atoms with E-state index in [9.17, 15) is 9.46 Å². The van der Waals surface area contributed by atoms with Gasteiger partial charge in [-0.3, -0.25) is 4.57 Å². The number of hydrogen-bond acceptors (Lipinski definition) is 1. The van der Waals surface area contributed by atoms with E-state index in [1.807, 2.05) is 42.5 Å². The summed E-state index contributed by atoms with van der Waals surface area (Å²) in [6.45, 7) is 3.84. The largest absolute Gasteiger partial charge is 0.343 e. The Labute approximate surface area is 107 Å². The van der Waals surface area contributed by atoms with Crippen molar-refractivity contribution in [1.82, 2.24) is 0 Å². The molecule has 2 atom stereocenters. The first-order valence-electron chi connectivity index (χ1n) is 5.73. The highest BCUT2D eigenvalue weighted by atomic mass is 31.1. The normalized spacial score (nSPS) is 13.8. The van der Waals surface area contributed by atoms with E-state index in [1.165, 1.54) is 0 Å². The van der Waals surface area contributed by atoms with Crippen LogP contribution in [-0.2, 0) is 4.57 Å². The van der Waals surface area contributed by atoms with Crippen LogP contribution in [0.4, 0.5) is 0 Å². The van der Waals surface area contributed by atoms with Gasteiger partial charge in [0.25, 0.3) is 0 Å². The van der Waals surface area contributed by atoms with Crippen LogP contribution in [-0.4, -0.2) is 4.89 Å². The van der Waals surface area contributed by atoms with Gasteiger partial charge in [0, 0.05) is 11.2 Å². The van der Waals surface area contributed by atoms with E-state index in [0.717, 1.165) is 11.1 Å². The molecule has 1 N–H and O–H groups in total. The highest BCUT2D eigenvalue weighted by molar-refractivity contribution is 7.47. The second-order valence-corrected chi connectivity index (χ2v) is 5.17. The van der Waals surface area contributed by atoms with Crippen LogP contribution < -0.4 is 5.30 Å². The Morgan fingerprint density at radius 2 is 1.67 bits per heavy atom. The summed E-state index contributed by atoms with van der Waals surface area (Å²) < 4.78 is 11.4. The van der Waals surface area contributed by atoms with E-state index < -0.39 is 8.03 Å². The molecule has 0 amide bonds. The fraction of sp³-hybridized carbons (Fsp3) is 0.0667. The van der Waals surface area contributed by atoms with Crippen molar-refractivity contribution >= 4 is 13.3 Å². The second kappa shape index (κ2) is 5.81. The first-order chi connectivity index (χ1) is 8.74. The summed E-state index contributed by atoms with van der Waals surface area (Å²) in [5.74, 6) is -0.0523. The average molecular weight is 258 g/mol. The van der Waals surface area contributed by atoms with Crippen LogP contribution >= 0.6 is 8.03 Å². The van der Waals surface area contributed by atoms with Gasteiger partial charge in [-0.15, -0.1) is 6.58 Å². The summed E-state index contributed by atoms with van der Waals surface area (Å²) in [6.07, 6.45) is 1.80. The zero-order valence-corrected chi connectivity index (χ0v) is 10.9. The molecule has 92 valence electrons. The first kappa shape index (κ1) is 12.8. The van der Waals surface area contributed by atoms with Gasteiger partial charge < -0.3 is 4.89 Å². The van der Waals surface area contributed by atoms with Crippen LogP contribution in [0.25, 0.3) is 0 Å². The topological polar surface area (TPSA) is 37.3 Å². The van der Waals surface area contributed by atoms with E-state index in [2.05, 4.69) is 6.58 Å². The molecule has 3 heteroatoms. The van der Waals surface area contributed by atoms with Gasteiger partial charge in [-0.25, -0.2) is 0 Å². The van der Waals surface area contributed by atoms with Gasteiger partial charge >= 0.3 is 0 Å². The molecule has 2 aromatic rings. The van der Waals surface area contributed by atoms with Crippen molar-refractivity contribution in [2.75, 3.05) is 0 Å². The molecule has 2 aromatic carbocycles. The van der Waals surface area contributed by atoms with E-state index in [1.54, 1.807) is 18.2 Å². The van der Waals surface area contributed by atoms with Crippen molar-refractivity contribution in [3.8, 4) is 0 Å². The second-order valence-electron chi connectivity index (χ2n) is 4.02. The fourth-order valence-electron chi connectivity index (χ4n) is 2.07. The van der Waals surface area contributed by atoms with Gasteiger partial charge in [0.15, 0.2) is 0 Å². The number of allylic oxidation sites excluding steroid dienone is 1. The third-order valence-corrected chi connectivity index (χ3v) is 3.84. The summed E-state index contributed by atoms with van der Waals surface area (Å²) in [5.41, 5.74) is 1.92. The summed E-state index contributed by atoms with van der Waals surface area (Å²) in [4.78, 5) is 9.41. The number of rotatable bonds is 4. The molecule has 0 fully saturated rings. The molecule has 0 saturated carbocycles. The van der Waals surface area contributed by atoms with Gasteiger partial charge in [0.1, 0.15) is 0 Å². The zero-order chi connectivity index (χ0) is 13.0. The number of benzene rings is 2. The van der Waals surface area contributed by atoms with Crippen molar-refractivity contribution in [2.45, 2.75) is 5.92 Å². The Morgan fingerprint density at radius 1 is 1.06 bits per heavy atom. The van der Waals surface area contributed by atoms with Gasteiger partial charge in [-0.05, 0) is 17.2 Å². The van der Waals surface area contributed by atoms with Crippen LogP contribution in [0.5, 0.6) is 0 Å². The molecule has 0 heterocycles. The van der Waals surface area contributed by atoms with E-state index >= 15 is 0 Å². The van der Waals surface area contributed by atoms with Crippen LogP contribution in [0.1, 0.15) is 17.0 Å². The smallest absolute Gasteiger partial charge is 0.218 e. The van der Waals surface area contributed by atoms with Crippen molar-refractivity contribution < 1.29 is 9.46 Å². The quantitative estimate of drug-likeness (QED) is 0.676. The molecule has 0 saturated heterocycles. The van der Waals surface area contributed by atoms with Crippen LogP contribution in [0, 0.1) is 0 Å². The summed E-state index contributed by atoms with van der Waals surface area (Å²) in [5, 5.41) is 0.510. The van der Waals surface area contributed by atoms with Gasteiger partial charge in [-0.1, -0.05) is 54.6 Å². The summed E-state index contributed by atoms with van der Waals surface area (Å²) in [7, 11) is -2.70. The Hall–Kier alpha value is -1.63. The SMILES string of the molecule is C=CC(c1ccccc1)c1ccccc1[PH](=O)O. The highest BCUT2D eigenvalue weighted by Crippen LogP contribution is 2.28. The Kier molecular flexibility index (Phi) is 4.14. The van der Waals surface area contributed by atoms with Gasteiger partial charge in [0.05, 0.1) is 0 Å². The minimum atomic E-state index is -2.70. The molecule has 2 unspecified atom stereocenters. The Balaban J connectivity index is 2.52. The van der Waals surface area contributed by atoms with E-state index in [-0.39, 0.29) is 5.92 Å². The van der Waals surface area contributed by atoms with Gasteiger partial charge in [0.2, 0.25) is 8.03 Å². The molecule has 0 aliphatic heterocycles. The average Bonchev–Trinajstić information content (AvgIpc) is 2.41. The van der Waals surface area contributed by atoms with Crippen LogP contribution in [0.15, 0.2) is 67.3 Å². The van der Waals surface area contributed by atoms with Crippen molar-refractivity contribution in [1.29, 1.82) is 0 Å². The molecular formula is C15H15O2P. The lowest BCUT2D eigenvalue weighted by Gasteiger charge is -2.16. The standard InChI is InChI=1S/C15H15O2P/c1-2-13(12-8-4-3-5-9-12)14-10-6-7-11-15(14)18(16)17/h2-11,13,18H,1H2,(H,16,17). The van der Waals surface area contributed by atoms with Crippen LogP contribution in [0.2, 0.25) is 0 Å². The molecule has 0 spiro atoms. The number of hydrogen-bond donors (Lipinski definition) is 1. The molecule has 0 aliphatic rings. The minimum Gasteiger partial charge on any atom is -0.343 e. The van der Waals surface area contributed by atoms with Gasteiger partial charge in [-0.2, -0.15) is 0 Å². The molecule has 0 aliphatic carbocycles. The maximum Gasteiger partial charge on any atom is 0.218 e. The third-order valence-electron chi connectivity index (χ3n) is 2.92. The third kappa shape index (κ3) is 2.61. The molecule has 0 aromatic heterocycles. The lowest BCUT2D eigenvalue weighted by Crippen LogP contribution is -2.10. The van der Waals surface area contributed by atoms with Crippen molar-refractivity contribution in [3.63, 3.8) is 0 Å². The Bertz CT molecular complexity index is 564. The first-order valence-corrected chi connectivity index (χ1v) is 7.09. The maximum absolute atomic E-state index is 11.4.